The molecule has 1 aliphatic rings. The summed E-state index contributed by atoms with van der Waals surface area (Å²) in [4.78, 5) is 16.9. The molecule has 1 N–H and O–H groups in total. The zero-order valence-electron chi connectivity index (χ0n) is 11.7. The zero-order chi connectivity index (χ0) is 14.4. The van der Waals surface area contributed by atoms with Crippen LogP contribution in [0.2, 0.25) is 0 Å². The van der Waals surface area contributed by atoms with Crippen LogP contribution in [0.25, 0.3) is 0 Å². The van der Waals surface area contributed by atoms with Crippen molar-refractivity contribution in [2.45, 2.75) is 13.3 Å². The third-order valence-electron chi connectivity index (χ3n) is 3.32. The summed E-state index contributed by atoms with van der Waals surface area (Å²) < 4.78 is 5.30. The number of nitrogens with zero attached hydrogens (tertiary/aromatic N) is 3. The van der Waals surface area contributed by atoms with Crippen LogP contribution in [0, 0.1) is 17.0 Å². The Bertz CT molecular complexity index is 461. The third-order valence-corrected chi connectivity index (χ3v) is 3.32. The average molecular weight is 280 g/mol. The van der Waals surface area contributed by atoms with Gasteiger partial charge >= 0.3 is 0 Å². The van der Waals surface area contributed by atoms with Gasteiger partial charge in [-0.3, -0.25) is 15.0 Å². The molecule has 0 aromatic carbocycles. The number of aromatic nitrogens is 1. The summed E-state index contributed by atoms with van der Waals surface area (Å²) in [6.07, 6.45) is 1.01. The Morgan fingerprint density at radius 1 is 1.45 bits per heavy atom. The molecule has 0 radical (unpaired) electrons. The van der Waals surface area contributed by atoms with Crippen LogP contribution >= 0.6 is 0 Å². The van der Waals surface area contributed by atoms with Crippen LogP contribution in [0.5, 0.6) is 0 Å². The van der Waals surface area contributed by atoms with Crippen LogP contribution in [-0.4, -0.2) is 54.2 Å². The Morgan fingerprint density at radius 3 is 2.85 bits per heavy atom. The van der Waals surface area contributed by atoms with Crippen molar-refractivity contribution >= 4 is 11.5 Å². The van der Waals surface area contributed by atoms with Gasteiger partial charge in [0.05, 0.1) is 18.1 Å². The van der Waals surface area contributed by atoms with E-state index in [0.717, 1.165) is 45.8 Å². The van der Waals surface area contributed by atoms with Crippen molar-refractivity contribution in [2.75, 3.05) is 44.7 Å². The maximum atomic E-state index is 10.7. The first-order valence-corrected chi connectivity index (χ1v) is 6.83. The Hall–Kier alpha value is -1.73. The van der Waals surface area contributed by atoms with Gasteiger partial charge in [-0.1, -0.05) is 0 Å². The molecule has 1 fully saturated rings. The highest BCUT2D eigenvalue weighted by molar-refractivity contribution is 5.44. The van der Waals surface area contributed by atoms with Gasteiger partial charge in [0.15, 0.2) is 0 Å². The minimum Gasteiger partial charge on any atom is -0.379 e. The number of ether oxygens (including phenoxy) is 1. The number of pyridine rings is 1. The lowest BCUT2D eigenvalue weighted by molar-refractivity contribution is -0.385. The fourth-order valence-corrected chi connectivity index (χ4v) is 2.19. The SMILES string of the molecule is Cc1nc(NCCCN2CCOCC2)ccc1[N+](=O)[O-]. The number of nitro groups is 1. The van der Waals surface area contributed by atoms with E-state index in [2.05, 4.69) is 15.2 Å². The van der Waals surface area contributed by atoms with E-state index in [1.54, 1.807) is 13.0 Å². The van der Waals surface area contributed by atoms with E-state index in [4.69, 9.17) is 4.74 Å². The molecule has 20 heavy (non-hydrogen) atoms. The summed E-state index contributed by atoms with van der Waals surface area (Å²) in [6, 6.07) is 3.15. The largest absolute Gasteiger partial charge is 0.379 e. The lowest BCUT2D eigenvalue weighted by Gasteiger charge is -2.26. The van der Waals surface area contributed by atoms with E-state index in [1.807, 2.05) is 0 Å². The smallest absolute Gasteiger partial charge is 0.290 e. The number of hydrogen-bond acceptors (Lipinski definition) is 6. The van der Waals surface area contributed by atoms with Crippen molar-refractivity contribution < 1.29 is 9.66 Å². The van der Waals surface area contributed by atoms with E-state index < -0.39 is 4.92 Å². The van der Waals surface area contributed by atoms with Gasteiger partial charge in [-0.05, 0) is 26.0 Å². The van der Waals surface area contributed by atoms with Crippen molar-refractivity contribution in [3.05, 3.63) is 27.9 Å². The van der Waals surface area contributed by atoms with Gasteiger partial charge in [0, 0.05) is 25.7 Å². The average Bonchev–Trinajstić information content (AvgIpc) is 2.44. The summed E-state index contributed by atoms with van der Waals surface area (Å²) in [5.41, 5.74) is 0.497. The number of nitrogens with one attached hydrogen (secondary N) is 1. The lowest BCUT2D eigenvalue weighted by Crippen LogP contribution is -2.37. The van der Waals surface area contributed by atoms with Crippen LogP contribution in [0.15, 0.2) is 12.1 Å². The normalized spacial score (nSPS) is 16.1. The molecule has 7 nitrogen and oxygen atoms in total. The molecule has 0 amide bonds. The molecule has 0 aliphatic carbocycles. The Balaban J connectivity index is 1.73. The predicted octanol–water partition coefficient (Wildman–Crippen LogP) is 1.43. The van der Waals surface area contributed by atoms with Crippen molar-refractivity contribution in [2.24, 2.45) is 0 Å². The van der Waals surface area contributed by atoms with E-state index in [-0.39, 0.29) is 5.69 Å². The topological polar surface area (TPSA) is 80.5 Å². The highest BCUT2D eigenvalue weighted by Crippen LogP contribution is 2.17. The number of rotatable bonds is 6. The van der Waals surface area contributed by atoms with Crippen LogP contribution in [-0.2, 0) is 4.74 Å². The van der Waals surface area contributed by atoms with Crippen LogP contribution < -0.4 is 5.32 Å². The number of anilines is 1. The first-order valence-electron chi connectivity index (χ1n) is 6.83. The van der Waals surface area contributed by atoms with Gasteiger partial charge in [-0.15, -0.1) is 0 Å². The van der Waals surface area contributed by atoms with Crippen molar-refractivity contribution in [3.8, 4) is 0 Å². The van der Waals surface area contributed by atoms with Crippen molar-refractivity contribution in [1.29, 1.82) is 0 Å². The molecule has 1 aliphatic heterocycles. The van der Waals surface area contributed by atoms with Crippen LogP contribution in [0.1, 0.15) is 12.1 Å². The van der Waals surface area contributed by atoms with Crippen LogP contribution in [0.3, 0.4) is 0 Å². The first kappa shape index (κ1) is 14.7. The minimum absolute atomic E-state index is 0.0591. The molecule has 2 heterocycles. The van der Waals surface area contributed by atoms with Gasteiger partial charge in [0.25, 0.3) is 5.69 Å². The van der Waals surface area contributed by atoms with Gasteiger partial charge in [-0.25, -0.2) is 4.98 Å². The molecule has 0 bridgehead atoms. The molecule has 0 unspecified atom stereocenters. The molecule has 1 aromatic heterocycles. The van der Waals surface area contributed by atoms with Gasteiger partial charge in [0.2, 0.25) is 0 Å². The number of aryl methyl sites for hydroxylation is 1. The van der Waals surface area contributed by atoms with Crippen molar-refractivity contribution in [1.82, 2.24) is 9.88 Å². The molecule has 2 rings (SSSR count). The molecule has 7 heteroatoms. The molecule has 0 spiro atoms. The molecule has 1 saturated heterocycles. The maximum Gasteiger partial charge on any atom is 0.290 e. The molecular weight excluding hydrogens is 260 g/mol. The highest BCUT2D eigenvalue weighted by atomic mass is 16.6. The second-order valence-corrected chi connectivity index (χ2v) is 4.79. The first-order chi connectivity index (χ1) is 9.66. The monoisotopic (exact) mass is 280 g/mol. The fraction of sp³-hybridized carbons (Fsp3) is 0.615. The summed E-state index contributed by atoms with van der Waals surface area (Å²) in [7, 11) is 0. The van der Waals surface area contributed by atoms with E-state index >= 15 is 0 Å². The fourth-order valence-electron chi connectivity index (χ4n) is 2.19. The summed E-state index contributed by atoms with van der Waals surface area (Å²) in [5, 5.41) is 13.9. The molecule has 0 saturated carbocycles. The second-order valence-electron chi connectivity index (χ2n) is 4.79. The van der Waals surface area contributed by atoms with E-state index in [9.17, 15) is 10.1 Å². The van der Waals surface area contributed by atoms with Gasteiger partial charge in [0.1, 0.15) is 11.5 Å². The zero-order valence-corrected chi connectivity index (χ0v) is 11.7. The Labute approximate surface area is 118 Å². The standard InChI is InChI=1S/C13H20N4O3/c1-11-12(17(18)19)3-4-13(15-11)14-5-2-6-16-7-9-20-10-8-16/h3-4H,2,5-10H2,1H3,(H,14,15). The van der Waals surface area contributed by atoms with Gasteiger partial charge < -0.3 is 10.1 Å². The van der Waals surface area contributed by atoms with Crippen LogP contribution in [0.4, 0.5) is 11.5 Å². The Morgan fingerprint density at radius 2 is 2.20 bits per heavy atom. The van der Waals surface area contributed by atoms with Gasteiger partial charge in [-0.2, -0.15) is 0 Å². The summed E-state index contributed by atoms with van der Waals surface area (Å²) in [6.45, 7) is 7.11. The summed E-state index contributed by atoms with van der Waals surface area (Å²) >= 11 is 0. The second kappa shape index (κ2) is 7.16. The Kier molecular flexibility index (Phi) is 5.25. The quantitative estimate of drug-likeness (QED) is 0.482. The minimum atomic E-state index is -0.412. The van der Waals surface area contributed by atoms with E-state index in [1.165, 1.54) is 6.07 Å². The number of hydrogen-bond donors (Lipinski definition) is 1. The third kappa shape index (κ3) is 4.14. The maximum absolute atomic E-state index is 10.7. The highest BCUT2D eigenvalue weighted by Gasteiger charge is 2.12. The molecule has 1 aromatic rings. The number of morpholine rings is 1. The van der Waals surface area contributed by atoms with E-state index in [0.29, 0.717) is 11.5 Å². The molecule has 110 valence electrons. The molecular formula is C13H20N4O3. The summed E-state index contributed by atoms with van der Waals surface area (Å²) in [5.74, 6) is 0.690. The predicted molar refractivity (Wildman–Crippen MR) is 76.0 cm³/mol. The lowest BCUT2D eigenvalue weighted by atomic mass is 10.3. The van der Waals surface area contributed by atoms with Crippen molar-refractivity contribution in [3.63, 3.8) is 0 Å². The molecule has 0 atom stereocenters.